The summed E-state index contributed by atoms with van der Waals surface area (Å²) in [5.74, 6) is -0.641. The molecule has 0 aliphatic heterocycles. The molecule has 32 heavy (non-hydrogen) atoms. The summed E-state index contributed by atoms with van der Waals surface area (Å²) in [6.45, 7) is 0.975. The van der Waals surface area contributed by atoms with Crippen molar-refractivity contribution < 1.29 is 14.3 Å². The number of fused-ring (bicyclic) bond motifs is 1. The highest BCUT2D eigenvalue weighted by molar-refractivity contribution is 6.11. The van der Waals surface area contributed by atoms with Gasteiger partial charge in [0.05, 0.1) is 40.3 Å². The van der Waals surface area contributed by atoms with Crippen LogP contribution in [0.3, 0.4) is 0 Å². The molecule has 0 saturated heterocycles. The van der Waals surface area contributed by atoms with Gasteiger partial charge in [0.2, 0.25) is 0 Å². The zero-order chi connectivity index (χ0) is 22.7. The highest BCUT2D eigenvalue weighted by atomic mass is 16.5. The number of ether oxygens (including phenoxy) is 1. The predicted octanol–water partition coefficient (Wildman–Crippen LogP) is 3.05. The van der Waals surface area contributed by atoms with Crippen molar-refractivity contribution in [1.82, 2.24) is 14.5 Å². The number of nitrogens with zero attached hydrogens (tertiary/aromatic N) is 4. The van der Waals surface area contributed by atoms with Crippen LogP contribution in [0.1, 0.15) is 58.1 Å². The highest BCUT2D eigenvalue weighted by Crippen LogP contribution is 2.41. The van der Waals surface area contributed by atoms with Gasteiger partial charge in [0.15, 0.2) is 6.29 Å². The van der Waals surface area contributed by atoms with Gasteiger partial charge in [-0.2, -0.15) is 5.26 Å². The molecule has 0 bridgehead atoms. The van der Waals surface area contributed by atoms with E-state index in [0.717, 1.165) is 31.2 Å². The lowest BCUT2D eigenvalue weighted by Crippen LogP contribution is -2.15. The van der Waals surface area contributed by atoms with E-state index >= 15 is 0 Å². The molecule has 9 nitrogen and oxygen atoms in total. The number of amides is 1. The minimum atomic E-state index is -0.641. The lowest BCUT2D eigenvalue weighted by molar-refractivity contribution is 0.100. The van der Waals surface area contributed by atoms with Crippen LogP contribution in [0.15, 0.2) is 24.4 Å². The van der Waals surface area contributed by atoms with E-state index in [-0.39, 0.29) is 17.3 Å². The number of pyridine rings is 2. The summed E-state index contributed by atoms with van der Waals surface area (Å²) in [4.78, 5) is 32.9. The molecule has 3 aromatic heterocycles. The molecule has 1 aliphatic carbocycles. The highest BCUT2D eigenvalue weighted by Gasteiger charge is 2.30. The average Bonchev–Trinajstić information content (AvgIpc) is 3.44. The monoisotopic (exact) mass is 432 g/mol. The molecule has 3 heterocycles. The Labute approximate surface area is 185 Å². The number of anilines is 1. The number of carbonyl (C=O) groups excluding carboxylic acids is 2. The van der Waals surface area contributed by atoms with Crippen LogP contribution in [-0.4, -0.2) is 47.0 Å². The fraction of sp³-hybridized carbons (Fsp3) is 0.348. The van der Waals surface area contributed by atoms with E-state index < -0.39 is 5.91 Å². The molecule has 1 fully saturated rings. The van der Waals surface area contributed by atoms with Gasteiger partial charge < -0.3 is 20.4 Å². The van der Waals surface area contributed by atoms with Crippen LogP contribution < -0.4 is 11.1 Å². The Bertz CT molecular complexity index is 1220. The first-order valence-electron chi connectivity index (χ1n) is 10.5. The fourth-order valence-corrected chi connectivity index (χ4v) is 4.40. The first-order chi connectivity index (χ1) is 15.6. The largest absolute Gasteiger partial charge is 0.383 e. The van der Waals surface area contributed by atoms with E-state index in [1.54, 1.807) is 19.2 Å². The first-order valence-corrected chi connectivity index (χ1v) is 10.5. The molecule has 1 amide bonds. The number of hydrogen-bond acceptors (Lipinski definition) is 7. The number of primary amides is 1. The van der Waals surface area contributed by atoms with Gasteiger partial charge in [0.1, 0.15) is 17.3 Å². The Morgan fingerprint density at radius 1 is 1.41 bits per heavy atom. The lowest BCUT2D eigenvalue weighted by Gasteiger charge is -2.18. The molecule has 1 aliphatic rings. The first kappa shape index (κ1) is 21.5. The second-order valence-electron chi connectivity index (χ2n) is 7.76. The standard InChI is InChI=1S/C23H24N6O3/c1-32-9-8-26-17-10-18(27-12-14(17)11-24)22-20(23(25)31)21-19(7-6-15(13-30)28-21)29(22)16-4-2-3-5-16/h6-7,10,12-13,16H,2-5,8-9H2,1H3,(H2,25,31)(H,26,27). The van der Waals surface area contributed by atoms with Gasteiger partial charge in [-0.25, -0.2) is 4.98 Å². The van der Waals surface area contributed by atoms with Crippen LogP contribution in [0.25, 0.3) is 22.4 Å². The van der Waals surface area contributed by atoms with Crippen LogP contribution in [0, 0.1) is 11.3 Å². The van der Waals surface area contributed by atoms with Crippen molar-refractivity contribution in [3.8, 4) is 17.5 Å². The van der Waals surface area contributed by atoms with Crippen LogP contribution in [0.4, 0.5) is 5.69 Å². The Kier molecular flexibility index (Phi) is 6.14. The molecule has 0 radical (unpaired) electrons. The van der Waals surface area contributed by atoms with Crippen molar-refractivity contribution in [1.29, 1.82) is 5.26 Å². The van der Waals surface area contributed by atoms with Crippen molar-refractivity contribution in [3.05, 3.63) is 41.2 Å². The van der Waals surface area contributed by atoms with Gasteiger partial charge in [-0.15, -0.1) is 0 Å². The average molecular weight is 432 g/mol. The van der Waals surface area contributed by atoms with Crippen molar-refractivity contribution >= 4 is 28.9 Å². The fourth-order valence-electron chi connectivity index (χ4n) is 4.40. The number of aromatic nitrogens is 3. The summed E-state index contributed by atoms with van der Waals surface area (Å²) in [6.07, 6.45) is 6.21. The molecule has 0 atom stereocenters. The second kappa shape index (κ2) is 9.16. The number of rotatable bonds is 8. The number of hydrogen-bond donors (Lipinski definition) is 2. The minimum Gasteiger partial charge on any atom is -0.383 e. The topological polar surface area (TPSA) is 136 Å². The van der Waals surface area contributed by atoms with Crippen molar-refractivity contribution in [3.63, 3.8) is 0 Å². The summed E-state index contributed by atoms with van der Waals surface area (Å²) in [5, 5.41) is 12.7. The van der Waals surface area contributed by atoms with Gasteiger partial charge in [0, 0.05) is 25.9 Å². The molecule has 3 N–H and O–H groups in total. The Hall–Kier alpha value is -3.77. The van der Waals surface area contributed by atoms with Crippen molar-refractivity contribution in [2.75, 3.05) is 25.6 Å². The van der Waals surface area contributed by atoms with Crippen LogP contribution in [0.5, 0.6) is 0 Å². The lowest BCUT2D eigenvalue weighted by atomic mass is 10.1. The normalized spacial score (nSPS) is 13.9. The van der Waals surface area contributed by atoms with Crippen LogP contribution in [0.2, 0.25) is 0 Å². The Morgan fingerprint density at radius 2 is 2.19 bits per heavy atom. The zero-order valence-electron chi connectivity index (χ0n) is 17.8. The minimum absolute atomic E-state index is 0.159. The van der Waals surface area contributed by atoms with Crippen LogP contribution in [-0.2, 0) is 4.74 Å². The maximum absolute atomic E-state index is 12.6. The molecule has 3 aromatic rings. The molecular formula is C23H24N6O3. The van der Waals surface area contributed by atoms with E-state index in [1.807, 2.05) is 6.07 Å². The third-order valence-corrected chi connectivity index (χ3v) is 5.82. The summed E-state index contributed by atoms with van der Waals surface area (Å²) in [5.41, 5.74) is 9.47. The van der Waals surface area contributed by atoms with Gasteiger partial charge in [0.25, 0.3) is 5.91 Å². The van der Waals surface area contributed by atoms with Gasteiger partial charge in [-0.05, 0) is 31.0 Å². The zero-order valence-corrected chi connectivity index (χ0v) is 17.8. The molecule has 164 valence electrons. The van der Waals surface area contributed by atoms with E-state index in [1.165, 1.54) is 6.20 Å². The molecule has 0 aromatic carbocycles. The molecular weight excluding hydrogens is 408 g/mol. The number of carbonyl (C=O) groups is 2. The van der Waals surface area contributed by atoms with Gasteiger partial charge >= 0.3 is 0 Å². The van der Waals surface area contributed by atoms with Crippen LogP contribution >= 0.6 is 0 Å². The van der Waals surface area contributed by atoms with Crippen molar-refractivity contribution in [2.45, 2.75) is 31.7 Å². The van der Waals surface area contributed by atoms with E-state index in [9.17, 15) is 14.9 Å². The third kappa shape index (κ3) is 3.81. The molecule has 4 rings (SSSR count). The number of aldehydes is 1. The number of nitrogens with one attached hydrogen (secondary N) is 1. The third-order valence-electron chi connectivity index (χ3n) is 5.82. The molecule has 1 saturated carbocycles. The Balaban J connectivity index is 1.98. The number of nitrogens with two attached hydrogens (primary N) is 1. The van der Waals surface area contributed by atoms with E-state index in [2.05, 4.69) is 25.9 Å². The van der Waals surface area contributed by atoms with Gasteiger partial charge in [-0.3, -0.25) is 14.6 Å². The van der Waals surface area contributed by atoms with E-state index in [0.29, 0.717) is 47.6 Å². The molecule has 9 heteroatoms. The number of nitriles is 1. The Morgan fingerprint density at radius 3 is 2.84 bits per heavy atom. The van der Waals surface area contributed by atoms with E-state index in [4.69, 9.17) is 10.5 Å². The maximum Gasteiger partial charge on any atom is 0.253 e. The predicted molar refractivity (Wildman–Crippen MR) is 119 cm³/mol. The summed E-state index contributed by atoms with van der Waals surface area (Å²) in [6, 6.07) is 7.49. The molecule has 0 spiro atoms. The summed E-state index contributed by atoms with van der Waals surface area (Å²) >= 11 is 0. The second-order valence-corrected chi connectivity index (χ2v) is 7.76. The number of methoxy groups -OCH3 is 1. The molecule has 0 unspecified atom stereocenters. The van der Waals surface area contributed by atoms with Crippen molar-refractivity contribution in [2.24, 2.45) is 5.73 Å². The SMILES string of the molecule is COCCNc1cc(-c2c(C(N)=O)c3nc(C=O)ccc3n2C2CCCC2)ncc1C#N. The maximum atomic E-state index is 12.6. The summed E-state index contributed by atoms with van der Waals surface area (Å²) in [7, 11) is 1.60. The smallest absolute Gasteiger partial charge is 0.253 e. The quantitative estimate of drug-likeness (QED) is 0.412. The summed E-state index contributed by atoms with van der Waals surface area (Å²) < 4.78 is 7.17. The van der Waals surface area contributed by atoms with Gasteiger partial charge in [-0.1, -0.05) is 12.8 Å².